The fourth-order valence-electron chi connectivity index (χ4n) is 2.58. The fourth-order valence-corrected chi connectivity index (χ4v) is 2.58. The zero-order valence-electron chi connectivity index (χ0n) is 15.4. The third-order valence-electron chi connectivity index (χ3n) is 3.97. The van der Waals surface area contributed by atoms with Crippen molar-refractivity contribution in [2.24, 2.45) is 0 Å². The van der Waals surface area contributed by atoms with Gasteiger partial charge in [0.2, 0.25) is 0 Å². The number of hydrogen-bond acceptors (Lipinski definition) is 5. The summed E-state index contributed by atoms with van der Waals surface area (Å²) in [6.07, 6.45) is -0.325. The van der Waals surface area contributed by atoms with Crippen LogP contribution in [0.2, 0.25) is 0 Å². The molecule has 0 atom stereocenters. The highest BCUT2D eigenvalue weighted by molar-refractivity contribution is 5.89. The molecule has 1 aromatic rings. The number of ether oxygens (including phenoxy) is 3. The van der Waals surface area contributed by atoms with Gasteiger partial charge < -0.3 is 29.3 Å². The van der Waals surface area contributed by atoms with E-state index in [1.807, 2.05) is 24.3 Å². The number of amides is 3. The van der Waals surface area contributed by atoms with Crippen LogP contribution >= 0.6 is 0 Å². The molecule has 1 aliphatic heterocycles. The van der Waals surface area contributed by atoms with Crippen molar-refractivity contribution in [3.8, 4) is 0 Å². The number of carbonyl (C=O) groups excluding carboxylic acids is 2. The molecule has 0 aliphatic carbocycles. The lowest BCUT2D eigenvalue weighted by molar-refractivity contribution is 0.0617. The Bertz CT molecular complexity index is 588. The summed E-state index contributed by atoms with van der Waals surface area (Å²) in [5, 5.41) is 2.89. The van der Waals surface area contributed by atoms with E-state index in [2.05, 4.69) is 5.32 Å². The fraction of sp³-hybridized carbons (Fsp3) is 0.556. The van der Waals surface area contributed by atoms with Crippen LogP contribution in [0.5, 0.6) is 0 Å². The van der Waals surface area contributed by atoms with Crippen LogP contribution in [0.1, 0.15) is 12.5 Å². The van der Waals surface area contributed by atoms with E-state index in [0.29, 0.717) is 52.6 Å². The smallest absolute Gasteiger partial charge is 0.409 e. The van der Waals surface area contributed by atoms with Crippen molar-refractivity contribution in [3.05, 3.63) is 29.8 Å². The summed E-state index contributed by atoms with van der Waals surface area (Å²) in [7, 11) is 1.63. The van der Waals surface area contributed by atoms with Crippen LogP contribution in [0.25, 0.3) is 0 Å². The van der Waals surface area contributed by atoms with E-state index in [1.54, 1.807) is 23.8 Å². The topological polar surface area (TPSA) is 80.3 Å². The molecule has 1 heterocycles. The molecule has 1 N–H and O–H groups in total. The summed E-state index contributed by atoms with van der Waals surface area (Å²) in [6.45, 7) is 5.56. The third-order valence-corrected chi connectivity index (χ3v) is 3.97. The minimum atomic E-state index is -0.325. The number of rotatable bonds is 7. The number of urea groups is 1. The maximum Gasteiger partial charge on any atom is 0.409 e. The highest BCUT2D eigenvalue weighted by Gasteiger charge is 2.24. The first kappa shape index (κ1) is 20.0. The maximum atomic E-state index is 12.4. The van der Waals surface area contributed by atoms with Crippen molar-refractivity contribution >= 4 is 17.8 Å². The Morgan fingerprint density at radius 3 is 2.54 bits per heavy atom. The number of hydrogen-bond donors (Lipinski definition) is 1. The number of benzene rings is 1. The van der Waals surface area contributed by atoms with Gasteiger partial charge in [0, 0.05) is 39.0 Å². The summed E-state index contributed by atoms with van der Waals surface area (Å²) in [4.78, 5) is 27.4. The zero-order valence-corrected chi connectivity index (χ0v) is 15.4. The Morgan fingerprint density at radius 1 is 1.12 bits per heavy atom. The molecule has 0 spiro atoms. The van der Waals surface area contributed by atoms with Crippen LogP contribution in [0.4, 0.5) is 15.3 Å². The molecule has 0 unspecified atom stereocenters. The van der Waals surface area contributed by atoms with Gasteiger partial charge in [-0.05, 0) is 24.6 Å². The van der Waals surface area contributed by atoms with E-state index >= 15 is 0 Å². The molecule has 0 saturated carbocycles. The summed E-state index contributed by atoms with van der Waals surface area (Å²) < 4.78 is 15.4. The normalized spacial score (nSPS) is 14.2. The van der Waals surface area contributed by atoms with Crippen LogP contribution in [0, 0.1) is 0 Å². The average molecular weight is 365 g/mol. The van der Waals surface area contributed by atoms with Crippen LogP contribution in [0.15, 0.2) is 24.3 Å². The summed E-state index contributed by atoms with van der Waals surface area (Å²) in [5.41, 5.74) is 1.70. The number of nitrogens with one attached hydrogen (secondary N) is 1. The van der Waals surface area contributed by atoms with E-state index in [9.17, 15) is 9.59 Å². The zero-order chi connectivity index (χ0) is 18.8. The van der Waals surface area contributed by atoms with Crippen molar-refractivity contribution in [1.29, 1.82) is 0 Å². The first-order valence-electron chi connectivity index (χ1n) is 8.77. The largest absolute Gasteiger partial charge is 0.450 e. The van der Waals surface area contributed by atoms with E-state index in [4.69, 9.17) is 14.2 Å². The predicted molar refractivity (Wildman–Crippen MR) is 97.2 cm³/mol. The number of piperazine rings is 1. The molecular formula is C18H27N3O5. The lowest BCUT2D eigenvalue weighted by Gasteiger charge is -2.34. The molecule has 1 aromatic carbocycles. The molecule has 8 heteroatoms. The number of nitrogens with zero attached hydrogens (tertiary/aromatic N) is 2. The molecule has 0 bridgehead atoms. The van der Waals surface area contributed by atoms with Crippen molar-refractivity contribution in [3.63, 3.8) is 0 Å². The van der Waals surface area contributed by atoms with E-state index in [0.717, 1.165) is 11.3 Å². The van der Waals surface area contributed by atoms with Crippen LogP contribution < -0.4 is 5.32 Å². The number of anilines is 1. The van der Waals surface area contributed by atoms with Gasteiger partial charge in [0.25, 0.3) is 0 Å². The molecule has 1 aliphatic rings. The van der Waals surface area contributed by atoms with Gasteiger partial charge in [0.1, 0.15) is 0 Å². The molecule has 0 radical (unpaired) electrons. The Balaban J connectivity index is 1.80. The highest BCUT2D eigenvalue weighted by atomic mass is 16.6. The highest BCUT2D eigenvalue weighted by Crippen LogP contribution is 2.13. The van der Waals surface area contributed by atoms with Crippen molar-refractivity contribution in [2.75, 3.05) is 58.4 Å². The van der Waals surface area contributed by atoms with Gasteiger partial charge >= 0.3 is 12.1 Å². The molecule has 1 saturated heterocycles. The molecule has 2 rings (SSSR count). The second-order valence-electron chi connectivity index (χ2n) is 5.85. The second-order valence-corrected chi connectivity index (χ2v) is 5.85. The van der Waals surface area contributed by atoms with E-state index in [1.165, 1.54) is 0 Å². The van der Waals surface area contributed by atoms with Crippen LogP contribution in [-0.4, -0.2) is 75.0 Å². The Labute approximate surface area is 154 Å². The second kappa shape index (κ2) is 10.6. The average Bonchev–Trinajstić information content (AvgIpc) is 2.66. The van der Waals surface area contributed by atoms with Crippen molar-refractivity contribution in [1.82, 2.24) is 9.80 Å². The molecule has 1 fully saturated rings. The van der Waals surface area contributed by atoms with Gasteiger partial charge in [-0.15, -0.1) is 0 Å². The SMILES string of the molecule is CCOC(=O)N1CCN(C(=O)Nc2cccc(COCCOC)c2)CC1. The van der Waals surface area contributed by atoms with Gasteiger partial charge in [0.15, 0.2) is 0 Å². The molecule has 0 aromatic heterocycles. The van der Waals surface area contributed by atoms with Crippen molar-refractivity contribution < 1.29 is 23.8 Å². The predicted octanol–water partition coefficient (Wildman–Crippen LogP) is 2.16. The van der Waals surface area contributed by atoms with Gasteiger partial charge in [0.05, 0.1) is 26.4 Å². The minimum Gasteiger partial charge on any atom is -0.450 e. The molecule has 8 nitrogen and oxygen atoms in total. The first-order chi connectivity index (χ1) is 12.6. The summed E-state index contributed by atoms with van der Waals surface area (Å²) in [6, 6.07) is 7.38. The maximum absolute atomic E-state index is 12.4. The monoisotopic (exact) mass is 365 g/mol. The quantitative estimate of drug-likeness (QED) is 0.749. The van der Waals surface area contributed by atoms with Crippen LogP contribution in [0.3, 0.4) is 0 Å². The Morgan fingerprint density at radius 2 is 1.85 bits per heavy atom. The van der Waals surface area contributed by atoms with Crippen molar-refractivity contribution in [2.45, 2.75) is 13.5 Å². The van der Waals surface area contributed by atoms with E-state index < -0.39 is 0 Å². The third kappa shape index (κ3) is 6.20. The van der Waals surface area contributed by atoms with E-state index in [-0.39, 0.29) is 12.1 Å². The molecule has 144 valence electrons. The number of methoxy groups -OCH3 is 1. The Kier molecular flexibility index (Phi) is 8.17. The van der Waals surface area contributed by atoms with Crippen LogP contribution in [-0.2, 0) is 20.8 Å². The van der Waals surface area contributed by atoms with Gasteiger partial charge in [-0.1, -0.05) is 12.1 Å². The first-order valence-corrected chi connectivity index (χ1v) is 8.77. The molecule has 26 heavy (non-hydrogen) atoms. The minimum absolute atomic E-state index is 0.175. The van der Waals surface area contributed by atoms with Gasteiger partial charge in [-0.25, -0.2) is 9.59 Å². The Hall–Kier alpha value is -2.32. The summed E-state index contributed by atoms with van der Waals surface area (Å²) >= 11 is 0. The number of carbonyl (C=O) groups is 2. The standard InChI is InChI=1S/C18H27N3O5/c1-3-26-18(23)21-9-7-20(8-10-21)17(22)19-16-6-4-5-15(13-16)14-25-12-11-24-2/h4-6,13H,3,7-12,14H2,1-2H3,(H,19,22). The van der Waals surface area contributed by atoms with Gasteiger partial charge in [-0.2, -0.15) is 0 Å². The molecular weight excluding hydrogens is 338 g/mol. The lowest BCUT2D eigenvalue weighted by atomic mass is 10.2. The van der Waals surface area contributed by atoms with Gasteiger partial charge in [-0.3, -0.25) is 0 Å². The summed E-state index contributed by atoms with van der Waals surface area (Å²) in [5.74, 6) is 0. The lowest BCUT2D eigenvalue weighted by Crippen LogP contribution is -2.51. The molecule has 3 amide bonds.